The third-order valence-electron chi connectivity index (χ3n) is 2.05. The van der Waals surface area contributed by atoms with Crippen molar-refractivity contribution in [1.82, 2.24) is 15.1 Å². The van der Waals surface area contributed by atoms with E-state index in [-0.39, 0.29) is 11.2 Å². The van der Waals surface area contributed by atoms with Gasteiger partial charge in [-0.1, -0.05) is 13.8 Å². The van der Waals surface area contributed by atoms with Crippen LogP contribution in [0, 0.1) is 5.92 Å². The van der Waals surface area contributed by atoms with E-state index < -0.39 is 0 Å². The minimum atomic E-state index is -0.0806. The van der Waals surface area contributed by atoms with Gasteiger partial charge in [-0.25, -0.2) is 0 Å². The number of carbonyl (C=O) groups is 1. The second-order valence-electron chi connectivity index (χ2n) is 4.25. The second-order valence-corrected chi connectivity index (χ2v) is 5.66. The van der Waals surface area contributed by atoms with Gasteiger partial charge < -0.3 is 5.32 Å². The van der Waals surface area contributed by atoms with Gasteiger partial charge in [0.2, 0.25) is 5.91 Å². The summed E-state index contributed by atoms with van der Waals surface area (Å²) in [6.07, 6.45) is 3.69. The van der Waals surface area contributed by atoms with Crippen molar-refractivity contribution in [2.75, 3.05) is 6.54 Å². The Morgan fingerprint density at radius 3 is 2.75 bits per heavy atom. The van der Waals surface area contributed by atoms with Crippen LogP contribution in [-0.2, 0) is 11.8 Å². The Balaban J connectivity index is 2.39. The third kappa shape index (κ3) is 4.26. The van der Waals surface area contributed by atoms with Crippen LogP contribution in [0.5, 0.6) is 0 Å². The Kier molecular flexibility index (Phi) is 4.86. The molecule has 16 heavy (non-hydrogen) atoms. The average Bonchev–Trinajstić information content (AvgIpc) is 2.60. The predicted octanol–water partition coefficient (Wildman–Crippen LogP) is 1.67. The van der Waals surface area contributed by atoms with E-state index in [0.29, 0.717) is 5.92 Å². The summed E-state index contributed by atoms with van der Waals surface area (Å²) < 4.78 is 1.74. The second kappa shape index (κ2) is 5.94. The van der Waals surface area contributed by atoms with Gasteiger partial charge >= 0.3 is 0 Å². The predicted molar refractivity (Wildman–Crippen MR) is 66.4 cm³/mol. The molecule has 1 amide bonds. The number of aromatic nitrogens is 2. The number of aryl methyl sites for hydroxylation is 1. The molecule has 0 aliphatic rings. The summed E-state index contributed by atoms with van der Waals surface area (Å²) in [7, 11) is 1.87. The molecule has 0 saturated carbocycles. The summed E-state index contributed by atoms with van der Waals surface area (Å²) in [5, 5.41) is 6.91. The molecule has 0 bridgehead atoms. The fourth-order valence-electron chi connectivity index (χ4n) is 1.17. The van der Waals surface area contributed by atoms with E-state index in [1.165, 1.54) is 11.8 Å². The molecule has 1 unspecified atom stereocenters. The minimum absolute atomic E-state index is 0.0806. The van der Waals surface area contributed by atoms with Crippen molar-refractivity contribution in [2.45, 2.75) is 30.9 Å². The summed E-state index contributed by atoms with van der Waals surface area (Å²) in [5.74, 6) is 0.571. The summed E-state index contributed by atoms with van der Waals surface area (Å²) >= 11 is 1.53. The van der Waals surface area contributed by atoms with Crippen molar-refractivity contribution in [3.63, 3.8) is 0 Å². The first kappa shape index (κ1) is 13.1. The van der Waals surface area contributed by atoms with Gasteiger partial charge in [-0.3, -0.25) is 9.48 Å². The van der Waals surface area contributed by atoms with Crippen LogP contribution >= 0.6 is 11.8 Å². The zero-order valence-electron chi connectivity index (χ0n) is 10.2. The smallest absolute Gasteiger partial charge is 0.233 e. The van der Waals surface area contributed by atoms with E-state index in [1.807, 2.05) is 20.2 Å². The normalized spacial score (nSPS) is 12.8. The van der Waals surface area contributed by atoms with E-state index in [4.69, 9.17) is 0 Å². The lowest BCUT2D eigenvalue weighted by Gasteiger charge is -2.12. The topological polar surface area (TPSA) is 46.9 Å². The van der Waals surface area contributed by atoms with Crippen molar-refractivity contribution >= 4 is 17.7 Å². The molecule has 0 spiro atoms. The van der Waals surface area contributed by atoms with Crippen LogP contribution in [0.25, 0.3) is 0 Å². The molecule has 0 saturated heterocycles. The molecule has 0 aliphatic carbocycles. The van der Waals surface area contributed by atoms with Gasteiger partial charge in [0.05, 0.1) is 11.4 Å². The highest BCUT2D eigenvalue weighted by Crippen LogP contribution is 2.22. The fraction of sp³-hybridized carbons (Fsp3) is 0.636. The van der Waals surface area contributed by atoms with Crippen LogP contribution in [0.15, 0.2) is 17.3 Å². The van der Waals surface area contributed by atoms with Crippen LogP contribution < -0.4 is 5.32 Å². The van der Waals surface area contributed by atoms with Gasteiger partial charge in [-0.2, -0.15) is 5.10 Å². The van der Waals surface area contributed by atoms with Crippen molar-refractivity contribution < 1.29 is 4.79 Å². The third-order valence-corrected chi connectivity index (χ3v) is 3.10. The number of nitrogens with zero attached hydrogens (tertiary/aromatic N) is 2. The Labute approximate surface area is 101 Å². The van der Waals surface area contributed by atoms with Gasteiger partial charge in [-0.15, -0.1) is 11.8 Å². The van der Waals surface area contributed by atoms with Crippen molar-refractivity contribution in [3.05, 3.63) is 12.4 Å². The van der Waals surface area contributed by atoms with Crippen molar-refractivity contribution in [3.8, 4) is 0 Å². The molecule has 0 aliphatic heterocycles. The number of nitrogens with one attached hydrogen (secondary N) is 1. The number of hydrogen-bond acceptors (Lipinski definition) is 3. The van der Waals surface area contributed by atoms with E-state index in [0.717, 1.165) is 11.4 Å². The minimum Gasteiger partial charge on any atom is -0.355 e. The molecular formula is C11H19N3OS. The molecule has 0 aromatic carbocycles. The Hall–Kier alpha value is -0.970. The molecule has 1 rings (SSSR count). The van der Waals surface area contributed by atoms with Crippen LogP contribution in [0.2, 0.25) is 0 Å². The zero-order chi connectivity index (χ0) is 12.1. The number of thioether (sulfide) groups is 1. The zero-order valence-corrected chi connectivity index (χ0v) is 11.0. The number of amides is 1. The Morgan fingerprint density at radius 1 is 1.56 bits per heavy atom. The van der Waals surface area contributed by atoms with Gasteiger partial charge in [0.1, 0.15) is 0 Å². The molecule has 4 nitrogen and oxygen atoms in total. The van der Waals surface area contributed by atoms with Gasteiger partial charge in [0.25, 0.3) is 0 Å². The molecule has 1 atom stereocenters. The maximum absolute atomic E-state index is 11.7. The SMILES string of the molecule is CC(C)CNC(=O)C(C)Sc1cnn(C)c1. The summed E-state index contributed by atoms with van der Waals surface area (Å²) in [5.41, 5.74) is 0. The molecule has 1 aromatic rings. The molecular weight excluding hydrogens is 222 g/mol. The van der Waals surface area contributed by atoms with E-state index in [9.17, 15) is 4.79 Å². The first-order valence-electron chi connectivity index (χ1n) is 5.42. The molecule has 0 fully saturated rings. The monoisotopic (exact) mass is 241 g/mol. The maximum atomic E-state index is 11.7. The standard InChI is InChI=1S/C11H19N3OS/c1-8(2)5-12-11(15)9(3)16-10-6-13-14(4)7-10/h6-9H,5H2,1-4H3,(H,12,15). The van der Waals surface area contributed by atoms with Crippen LogP contribution in [-0.4, -0.2) is 27.5 Å². The van der Waals surface area contributed by atoms with Gasteiger partial charge in [0, 0.05) is 24.7 Å². The Bertz CT molecular complexity index is 349. The number of carbonyl (C=O) groups excluding carboxylic acids is 1. The summed E-state index contributed by atoms with van der Waals surface area (Å²) in [4.78, 5) is 12.7. The molecule has 1 heterocycles. The number of rotatable bonds is 5. The molecule has 1 N–H and O–H groups in total. The van der Waals surface area contributed by atoms with Crippen molar-refractivity contribution in [1.29, 1.82) is 0 Å². The van der Waals surface area contributed by atoms with Crippen molar-refractivity contribution in [2.24, 2.45) is 13.0 Å². The summed E-state index contributed by atoms with van der Waals surface area (Å²) in [6, 6.07) is 0. The quantitative estimate of drug-likeness (QED) is 0.798. The highest BCUT2D eigenvalue weighted by atomic mass is 32.2. The maximum Gasteiger partial charge on any atom is 0.233 e. The van der Waals surface area contributed by atoms with Gasteiger partial charge in [-0.05, 0) is 12.8 Å². The van der Waals surface area contributed by atoms with Gasteiger partial charge in [0.15, 0.2) is 0 Å². The number of hydrogen-bond donors (Lipinski definition) is 1. The largest absolute Gasteiger partial charge is 0.355 e. The lowest BCUT2D eigenvalue weighted by atomic mass is 10.2. The fourth-order valence-corrected chi connectivity index (χ4v) is 2.09. The lowest BCUT2D eigenvalue weighted by molar-refractivity contribution is -0.120. The van der Waals surface area contributed by atoms with E-state index in [1.54, 1.807) is 10.9 Å². The highest BCUT2D eigenvalue weighted by Gasteiger charge is 2.14. The highest BCUT2D eigenvalue weighted by molar-refractivity contribution is 8.00. The van der Waals surface area contributed by atoms with Crippen LogP contribution in [0.1, 0.15) is 20.8 Å². The van der Waals surface area contributed by atoms with Crippen LogP contribution in [0.3, 0.4) is 0 Å². The van der Waals surface area contributed by atoms with Crippen LogP contribution in [0.4, 0.5) is 0 Å². The molecule has 90 valence electrons. The van der Waals surface area contributed by atoms with E-state index >= 15 is 0 Å². The first-order valence-corrected chi connectivity index (χ1v) is 6.30. The summed E-state index contributed by atoms with van der Waals surface area (Å²) in [6.45, 7) is 6.81. The lowest BCUT2D eigenvalue weighted by Crippen LogP contribution is -2.33. The molecule has 5 heteroatoms. The average molecular weight is 241 g/mol. The Morgan fingerprint density at radius 2 is 2.25 bits per heavy atom. The molecule has 0 radical (unpaired) electrons. The first-order chi connectivity index (χ1) is 7.49. The van der Waals surface area contributed by atoms with E-state index in [2.05, 4.69) is 24.3 Å². The molecule has 1 aromatic heterocycles.